The fourth-order valence-electron chi connectivity index (χ4n) is 2.94. The highest BCUT2D eigenvalue weighted by Crippen LogP contribution is 2.33. The number of hydrogen-bond donors (Lipinski definition) is 0. The molecule has 1 aliphatic rings. The largest absolute Gasteiger partial charge is 0.467 e. The number of aryl methyl sites for hydroxylation is 1. The van der Waals surface area contributed by atoms with Gasteiger partial charge in [0, 0.05) is 35.7 Å². The zero-order valence-electron chi connectivity index (χ0n) is 14.2. The molecule has 0 saturated heterocycles. The molecule has 0 spiro atoms. The smallest absolute Gasteiger partial charge is 0.344 e. The van der Waals surface area contributed by atoms with Crippen LogP contribution in [0.25, 0.3) is 5.65 Å². The van der Waals surface area contributed by atoms with Crippen molar-refractivity contribution in [3.8, 4) is 5.75 Å². The Balaban J connectivity index is 1.63. The molecule has 0 unspecified atom stereocenters. The van der Waals surface area contributed by atoms with Crippen LogP contribution in [-0.4, -0.2) is 32.3 Å². The van der Waals surface area contributed by atoms with Crippen molar-refractivity contribution in [1.82, 2.24) is 14.6 Å². The predicted octanol–water partition coefficient (Wildman–Crippen LogP) is 2.17. The lowest BCUT2D eigenvalue weighted by atomic mass is 10.1. The van der Waals surface area contributed by atoms with Crippen LogP contribution in [0.15, 0.2) is 30.6 Å². The first-order chi connectivity index (χ1) is 13.0. The van der Waals surface area contributed by atoms with E-state index in [2.05, 4.69) is 10.1 Å². The number of esters is 1. The van der Waals surface area contributed by atoms with Crippen LogP contribution in [0, 0.1) is 17.0 Å². The lowest BCUT2D eigenvalue weighted by molar-refractivity contribution is -0.385. The van der Waals surface area contributed by atoms with Gasteiger partial charge in [0.1, 0.15) is 17.9 Å². The van der Waals surface area contributed by atoms with Gasteiger partial charge in [0.25, 0.3) is 5.69 Å². The minimum absolute atomic E-state index is 0.0306. The van der Waals surface area contributed by atoms with Crippen molar-refractivity contribution < 1.29 is 23.9 Å². The number of ether oxygens (including phenoxy) is 3. The monoisotopic (exact) mass is 370 g/mol. The highest BCUT2D eigenvalue weighted by atomic mass is 16.7. The van der Waals surface area contributed by atoms with E-state index in [0.717, 1.165) is 0 Å². The molecule has 0 saturated carbocycles. The van der Waals surface area contributed by atoms with Gasteiger partial charge in [0.05, 0.1) is 17.2 Å². The Bertz CT molecular complexity index is 1060. The van der Waals surface area contributed by atoms with Gasteiger partial charge in [-0.05, 0) is 13.0 Å². The van der Waals surface area contributed by atoms with Crippen LogP contribution >= 0.6 is 0 Å². The van der Waals surface area contributed by atoms with E-state index in [-0.39, 0.29) is 31.3 Å². The molecule has 0 atom stereocenters. The molecule has 0 bridgehead atoms. The van der Waals surface area contributed by atoms with Crippen LogP contribution in [0.2, 0.25) is 0 Å². The van der Waals surface area contributed by atoms with Crippen LogP contribution in [0.3, 0.4) is 0 Å². The molecule has 0 N–H and O–H groups in total. The van der Waals surface area contributed by atoms with Gasteiger partial charge in [-0.15, -0.1) is 0 Å². The van der Waals surface area contributed by atoms with Crippen LogP contribution in [-0.2, 0) is 22.7 Å². The predicted molar refractivity (Wildman–Crippen MR) is 90.2 cm³/mol. The molecule has 138 valence electrons. The third-order valence-electron chi connectivity index (χ3n) is 4.12. The summed E-state index contributed by atoms with van der Waals surface area (Å²) >= 11 is 0. The topological polar surface area (TPSA) is 118 Å². The Kier molecular flexibility index (Phi) is 4.16. The first-order valence-corrected chi connectivity index (χ1v) is 8.02. The van der Waals surface area contributed by atoms with E-state index in [1.807, 2.05) is 0 Å². The second kappa shape index (κ2) is 6.65. The van der Waals surface area contributed by atoms with Gasteiger partial charge in [-0.1, -0.05) is 0 Å². The van der Waals surface area contributed by atoms with Crippen LogP contribution < -0.4 is 4.74 Å². The average molecular weight is 370 g/mol. The quantitative estimate of drug-likeness (QED) is 0.389. The lowest BCUT2D eigenvalue weighted by Gasteiger charge is -2.20. The van der Waals surface area contributed by atoms with E-state index in [0.29, 0.717) is 28.2 Å². The maximum atomic E-state index is 12.6. The molecule has 3 aromatic rings. The van der Waals surface area contributed by atoms with E-state index in [1.54, 1.807) is 25.4 Å². The van der Waals surface area contributed by atoms with Gasteiger partial charge in [0.2, 0.25) is 0 Å². The summed E-state index contributed by atoms with van der Waals surface area (Å²) in [6, 6.07) is 4.42. The molecule has 27 heavy (non-hydrogen) atoms. The van der Waals surface area contributed by atoms with E-state index < -0.39 is 10.9 Å². The zero-order valence-corrected chi connectivity index (χ0v) is 14.2. The number of nitro benzene ring substituents is 1. The standard InChI is InChI=1S/C17H14N4O6/c1-10-14(16-18-3-2-4-20(16)19-10)17(22)26-8-12-6-13(21(23)24)5-11-7-25-9-27-15(11)12/h2-6H,7-9H2,1H3. The van der Waals surface area contributed by atoms with Gasteiger partial charge >= 0.3 is 5.97 Å². The molecule has 0 aliphatic carbocycles. The Morgan fingerprint density at radius 2 is 2.30 bits per heavy atom. The molecular weight excluding hydrogens is 356 g/mol. The second-order valence-electron chi connectivity index (χ2n) is 5.89. The number of carbonyl (C=O) groups is 1. The molecule has 10 nitrogen and oxygen atoms in total. The summed E-state index contributed by atoms with van der Waals surface area (Å²) in [7, 11) is 0. The third-order valence-corrected chi connectivity index (χ3v) is 4.12. The Morgan fingerprint density at radius 1 is 1.44 bits per heavy atom. The highest BCUT2D eigenvalue weighted by molar-refractivity contribution is 5.97. The summed E-state index contributed by atoms with van der Waals surface area (Å²) in [5.41, 5.74) is 1.92. The van der Waals surface area contributed by atoms with Gasteiger partial charge < -0.3 is 14.2 Å². The normalized spacial score (nSPS) is 13.1. The number of fused-ring (bicyclic) bond motifs is 2. The third kappa shape index (κ3) is 3.06. The highest BCUT2D eigenvalue weighted by Gasteiger charge is 2.24. The van der Waals surface area contributed by atoms with E-state index in [1.165, 1.54) is 16.6 Å². The van der Waals surface area contributed by atoms with Crippen LogP contribution in [0.4, 0.5) is 5.69 Å². The summed E-state index contributed by atoms with van der Waals surface area (Å²) in [5.74, 6) is -0.178. The van der Waals surface area contributed by atoms with Crippen molar-refractivity contribution in [3.05, 3.63) is 63.1 Å². The Morgan fingerprint density at radius 3 is 3.11 bits per heavy atom. The molecule has 1 aliphatic heterocycles. The summed E-state index contributed by atoms with van der Waals surface area (Å²) in [6.45, 7) is 1.71. The number of nitrogens with zero attached hydrogens (tertiary/aromatic N) is 4. The molecule has 10 heteroatoms. The number of non-ortho nitro benzene ring substituents is 1. The maximum Gasteiger partial charge on any atom is 0.344 e. The summed E-state index contributed by atoms with van der Waals surface area (Å²) in [5, 5.41) is 15.4. The number of hydrogen-bond acceptors (Lipinski definition) is 8. The van der Waals surface area contributed by atoms with Crippen molar-refractivity contribution in [1.29, 1.82) is 0 Å². The minimum atomic E-state index is -0.617. The van der Waals surface area contributed by atoms with E-state index >= 15 is 0 Å². The number of nitro groups is 1. The van der Waals surface area contributed by atoms with Crippen molar-refractivity contribution >= 4 is 17.3 Å². The number of rotatable bonds is 4. The minimum Gasteiger partial charge on any atom is -0.467 e. The summed E-state index contributed by atoms with van der Waals surface area (Å²) in [6.07, 6.45) is 3.23. The molecular formula is C17H14N4O6. The van der Waals surface area contributed by atoms with Gasteiger partial charge in [-0.3, -0.25) is 10.1 Å². The van der Waals surface area contributed by atoms with Gasteiger partial charge in [-0.2, -0.15) is 5.10 Å². The zero-order chi connectivity index (χ0) is 19.0. The fourth-order valence-corrected chi connectivity index (χ4v) is 2.94. The molecule has 3 heterocycles. The van der Waals surface area contributed by atoms with Gasteiger partial charge in [-0.25, -0.2) is 14.3 Å². The summed E-state index contributed by atoms with van der Waals surface area (Å²) in [4.78, 5) is 27.4. The first-order valence-electron chi connectivity index (χ1n) is 8.02. The molecule has 0 fully saturated rings. The molecule has 4 rings (SSSR count). The Hall–Kier alpha value is -3.53. The maximum absolute atomic E-state index is 12.6. The molecule has 2 aromatic heterocycles. The average Bonchev–Trinajstić information content (AvgIpc) is 3.01. The number of carbonyl (C=O) groups excluding carboxylic acids is 1. The van der Waals surface area contributed by atoms with Crippen molar-refractivity contribution in [3.63, 3.8) is 0 Å². The number of benzene rings is 1. The van der Waals surface area contributed by atoms with Gasteiger partial charge in [0.15, 0.2) is 12.4 Å². The van der Waals surface area contributed by atoms with Crippen LogP contribution in [0.5, 0.6) is 5.75 Å². The van der Waals surface area contributed by atoms with Crippen molar-refractivity contribution in [2.24, 2.45) is 0 Å². The number of aromatic nitrogens is 3. The summed E-state index contributed by atoms with van der Waals surface area (Å²) < 4.78 is 17.5. The van der Waals surface area contributed by atoms with E-state index in [9.17, 15) is 14.9 Å². The fraction of sp³-hybridized carbons (Fsp3) is 0.235. The van der Waals surface area contributed by atoms with Crippen LogP contribution in [0.1, 0.15) is 27.2 Å². The first kappa shape index (κ1) is 16.9. The molecule has 1 aromatic carbocycles. The van der Waals surface area contributed by atoms with Crippen molar-refractivity contribution in [2.45, 2.75) is 20.1 Å². The Labute approximate surface area is 152 Å². The second-order valence-corrected chi connectivity index (χ2v) is 5.89. The SMILES string of the molecule is Cc1nn2cccnc2c1C(=O)OCc1cc([N+](=O)[O-])cc2c1OCOC2. The molecule has 0 radical (unpaired) electrons. The van der Waals surface area contributed by atoms with E-state index in [4.69, 9.17) is 14.2 Å². The van der Waals surface area contributed by atoms with Crippen molar-refractivity contribution in [2.75, 3.05) is 6.79 Å². The lowest BCUT2D eigenvalue weighted by Crippen LogP contribution is -2.15. The molecule has 0 amide bonds.